The van der Waals surface area contributed by atoms with Crippen molar-refractivity contribution < 1.29 is 19.5 Å². The Hall–Kier alpha value is -2.75. The van der Waals surface area contributed by atoms with E-state index in [0.717, 1.165) is 5.56 Å². The molecule has 0 aliphatic rings. The monoisotopic (exact) mass is 254 g/mol. The van der Waals surface area contributed by atoms with Crippen LogP contribution < -0.4 is 0 Å². The molecule has 4 heteroatoms. The second-order valence-electron chi connectivity index (χ2n) is 3.89. The summed E-state index contributed by atoms with van der Waals surface area (Å²) in [7, 11) is 0. The quantitative estimate of drug-likeness (QED) is 0.851. The number of carbonyl (C=O) groups is 3. The van der Waals surface area contributed by atoms with E-state index in [1.54, 1.807) is 24.3 Å². The van der Waals surface area contributed by atoms with Crippen LogP contribution in [0.3, 0.4) is 0 Å². The maximum atomic E-state index is 11.2. The number of carboxylic acids is 1. The molecule has 94 valence electrons. The number of carbonyl (C=O) groups excluding carboxylic acids is 2. The van der Waals surface area contributed by atoms with Gasteiger partial charge in [0, 0.05) is 11.1 Å². The van der Waals surface area contributed by atoms with Crippen LogP contribution in [0.2, 0.25) is 0 Å². The molecule has 0 spiro atoms. The first-order valence-electron chi connectivity index (χ1n) is 5.55. The number of hydrogen-bond acceptors (Lipinski definition) is 3. The highest BCUT2D eigenvalue weighted by molar-refractivity contribution is 6.05. The van der Waals surface area contributed by atoms with Crippen molar-refractivity contribution in [1.82, 2.24) is 0 Å². The molecule has 0 heterocycles. The van der Waals surface area contributed by atoms with Crippen molar-refractivity contribution in [2.24, 2.45) is 0 Å². The van der Waals surface area contributed by atoms with Crippen LogP contribution >= 0.6 is 0 Å². The van der Waals surface area contributed by atoms with Crippen molar-refractivity contribution in [3.05, 3.63) is 59.2 Å². The van der Waals surface area contributed by atoms with E-state index in [1.807, 2.05) is 6.07 Å². The Morgan fingerprint density at radius 1 is 0.895 bits per heavy atom. The maximum Gasteiger partial charge on any atom is 0.336 e. The van der Waals surface area contributed by atoms with Gasteiger partial charge in [-0.25, -0.2) is 4.79 Å². The molecule has 0 radical (unpaired) electrons. The molecule has 2 aromatic carbocycles. The Labute approximate surface area is 109 Å². The topological polar surface area (TPSA) is 71.4 Å². The summed E-state index contributed by atoms with van der Waals surface area (Å²) in [5, 5.41) is 9.00. The largest absolute Gasteiger partial charge is 0.478 e. The fourth-order valence-corrected chi connectivity index (χ4v) is 1.95. The summed E-state index contributed by atoms with van der Waals surface area (Å²) in [5.41, 5.74) is 1.13. The summed E-state index contributed by atoms with van der Waals surface area (Å²) in [6, 6.07) is 11.9. The lowest BCUT2D eigenvalue weighted by Crippen LogP contribution is -2.06. The van der Waals surface area contributed by atoms with E-state index < -0.39 is 5.97 Å². The minimum atomic E-state index is -1.23. The SMILES string of the molecule is O=Cc1c(C(=O)O)ccc(-c2ccccc2)c1C=O. The molecule has 0 aromatic heterocycles. The number of hydrogen-bond donors (Lipinski definition) is 1. The van der Waals surface area contributed by atoms with Crippen molar-refractivity contribution in [2.45, 2.75) is 0 Å². The zero-order valence-electron chi connectivity index (χ0n) is 9.87. The number of rotatable bonds is 4. The average molecular weight is 254 g/mol. The van der Waals surface area contributed by atoms with Gasteiger partial charge in [0.05, 0.1) is 5.56 Å². The molecule has 0 aliphatic heterocycles. The number of aromatic carboxylic acids is 1. The Morgan fingerprint density at radius 3 is 2.05 bits per heavy atom. The molecule has 19 heavy (non-hydrogen) atoms. The van der Waals surface area contributed by atoms with Gasteiger partial charge in [-0.05, 0) is 17.2 Å². The van der Waals surface area contributed by atoms with E-state index >= 15 is 0 Å². The van der Waals surface area contributed by atoms with E-state index in [2.05, 4.69) is 0 Å². The molecule has 0 atom stereocenters. The Balaban J connectivity index is 2.74. The fraction of sp³-hybridized carbons (Fsp3) is 0. The first-order chi connectivity index (χ1) is 9.19. The van der Waals surface area contributed by atoms with Crippen LogP contribution in [0.1, 0.15) is 31.1 Å². The van der Waals surface area contributed by atoms with Gasteiger partial charge in [-0.15, -0.1) is 0 Å². The van der Waals surface area contributed by atoms with E-state index in [9.17, 15) is 14.4 Å². The first kappa shape index (κ1) is 12.7. The highest BCUT2D eigenvalue weighted by Gasteiger charge is 2.17. The van der Waals surface area contributed by atoms with Crippen LogP contribution in [0.5, 0.6) is 0 Å². The van der Waals surface area contributed by atoms with Gasteiger partial charge in [-0.2, -0.15) is 0 Å². The Bertz CT molecular complexity index is 645. The lowest BCUT2D eigenvalue weighted by atomic mass is 9.93. The summed E-state index contributed by atoms with van der Waals surface area (Å²) < 4.78 is 0. The highest BCUT2D eigenvalue weighted by atomic mass is 16.4. The van der Waals surface area contributed by atoms with Crippen molar-refractivity contribution in [3.63, 3.8) is 0 Å². The maximum absolute atomic E-state index is 11.2. The second kappa shape index (κ2) is 5.27. The number of aldehydes is 2. The highest BCUT2D eigenvalue weighted by Crippen LogP contribution is 2.26. The predicted octanol–water partition coefficient (Wildman–Crippen LogP) is 2.68. The van der Waals surface area contributed by atoms with Crippen molar-refractivity contribution in [2.75, 3.05) is 0 Å². The third-order valence-corrected chi connectivity index (χ3v) is 2.84. The standard InChI is InChI=1S/C15H10O4/c16-8-13-11(10-4-2-1-3-5-10)6-7-12(15(18)19)14(13)9-17/h1-9H,(H,18,19). The molecule has 4 nitrogen and oxygen atoms in total. The molecule has 2 rings (SSSR count). The Morgan fingerprint density at radius 2 is 1.53 bits per heavy atom. The van der Waals surface area contributed by atoms with Crippen LogP contribution in [0.4, 0.5) is 0 Å². The fourth-order valence-electron chi connectivity index (χ4n) is 1.95. The lowest BCUT2D eigenvalue weighted by molar-refractivity contribution is 0.0694. The third kappa shape index (κ3) is 2.28. The van der Waals surface area contributed by atoms with Gasteiger partial charge in [0.2, 0.25) is 0 Å². The van der Waals surface area contributed by atoms with Gasteiger partial charge in [-0.3, -0.25) is 9.59 Å². The molecular formula is C15H10O4. The summed E-state index contributed by atoms with van der Waals surface area (Å²) in [6.45, 7) is 0. The zero-order valence-corrected chi connectivity index (χ0v) is 9.87. The van der Waals surface area contributed by atoms with Gasteiger partial charge in [0.15, 0.2) is 12.6 Å². The van der Waals surface area contributed by atoms with Crippen LogP contribution in [0.25, 0.3) is 11.1 Å². The summed E-state index contributed by atoms with van der Waals surface area (Å²) >= 11 is 0. The number of benzene rings is 2. The zero-order chi connectivity index (χ0) is 13.8. The van der Waals surface area contributed by atoms with Crippen molar-refractivity contribution in [3.8, 4) is 11.1 Å². The third-order valence-electron chi connectivity index (χ3n) is 2.84. The molecule has 0 saturated carbocycles. The van der Waals surface area contributed by atoms with Crippen molar-refractivity contribution >= 4 is 18.5 Å². The molecule has 0 amide bonds. The van der Waals surface area contributed by atoms with Crippen LogP contribution in [-0.4, -0.2) is 23.6 Å². The van der Waals surface area contributed by atoms with E-state index in [-0.39, 0.29) is 16.7 Å². The number of carboxylic acid groups (broad SMARTS) is 1. The van der Waals surface area contributed by atoms with Crippen LogP contribution in [0, 0.1) is 0 Å². The second-order valence-corrected chi connectivity index (χ2v) is 3.89. The van der Waals surface area contributed by atoms with Gasteiger partial charge in [-0.1, -0.05) is 36.4 Å². The normalized spacial score (nSPS) is 9.89. The van der Waals surface area contributed by atoms with Gasteiger partial charge in [0.1, 0.15) is 0 Å². The summed E-state index contributed by atoms with van der Waals surface area (Å²) in [5.74, 6) is -1.23. The molecule has 0 bridgehead atoms. The molecule has 0 unspecified atom stereocenters. The molecule has 0 saturated heterocycles. The van der Waals surface area contributed by atoms with Crippen molar-refractivity contribution in [1.29, 1.82) is 0 Å². The molecule has 0 fully saturated rings. The molecule has 0 aliphatic carbocycles. The van der Waals surface area contributed by atoms with E-state index in [0.29, 0.717) is 18.1 Å². The first-order valence-corrected chi connectivity index (χ1v) is 5.55. The summed E-state index contributed by atoms with van der Waals surface area (Å²) in [6.07, 6.45) is 0.915. The predicted molar refractivity (Wildman–Crippen MR) is 69.6 cm³/mol. The summed E-state index contributed by atoms with van der Waals surface area (Å²) in [4.78, 5) is 33.3. The van der Waals surface area contributed by atoms with Gasteiger partial charge < -0.3 is 5.11 Å². The van der Waals surface area contributed by atoms with Crippen LogP contribution in [0.15, 0.2) is 42.5 Å². The van der Waals surface area contributed by atoms with E-state index in [1.165, 1.54) is 12.1 Å². The lowest BCUT2D eigenvalue weighted by Gasteiger charge is -2.09. The Kier molecular flexibility index (Phi) is 3.52. The molecule has 1 N–H and O–H groups in total. The smallest absolute Gasteiger partial charge is 0.336 e. The van der Waals surface area contributed by atoms with Crippen LogP contribution in [-0.2, 0) is 0 Å². The van der Waals surface area contributed by atoms with Gasteiger partial charge in [0.25, 0.3) is 0 Å². The van der Waals surface area contributed by atoms with Gasteiger partial charge >= 0.3 is 5.97 Å². The minimum absolute atomic E-state index is 0.0937. The minimum Gasteiger partial charge on any atom is -0.478 e. The average Bonchev–Trinajstić information content (AvgIpc) is 2.46. The molecular weight excluding hydrogens is 244 g/mol. The molecule has 2 aromatic rings. The van der Waals surface area contributed by atoms with E-state index in [4.69, 9.17) is 5.11 Å².